The van der Waals surface area contributed by atoms with Crippen LogP contribution in [0.4, 0.5) is 4.39 Å². The Labute approximate surface area is 156 Å². The zero-order valence-corrected chi connectivity index (χ0v) is 15.1. The molecule has 4 aromatic rings. The number of thioether (sulfide) groups is 1. The molecule has 0 fully saturated rings. The molecular weight excluding hydrogens is 371 g/mol. The summed E-state index contributed by atoms with van der Waals surface area (Å²) >= 11 is 2.88. The van der Waals surface area contributed by atoms with E-state index in [1.54, 1.807) is 34.1 Å². The van der Waals surface area contributed by atoms with Crippen LogP contribution < -0.4 is 5.56 Å². The molecule has 0 atom stereocenters. The van der Waals surface area contributed by atoms with Crippen LogP contribution in [-0.4, -0.2) is 19.5 Å². The minimum absolute atomic E-state index is 0.235. The molecule has 1 aromatic carbocycles. The van der Waals surface area contributed by atoms with Gasteiger partial charge in [-0.2, -0.15) is 0 Å². The maximum Gasteiger partial charge on any atom is 0.282 e. The summed E-state index contributed by atoms with van der Waals surface area (Å²) in [5.41, 5.74) is 0.858. The van der Waals surface area contributed by atoms with E-state index in [-0.39, 0.29) is 16.9 Å². The number of hydrogen-bond donors (Lipinski definition) is 0. The van der Waals surface area contributed by atoms with Crippen molar-refractivity contribution in [3.05, 3.63) is 80.8 Å². The van der Waals surface area contributed by atoms with E-state index in [1.807, 2.05) is 17.5 Å². The number of nitrogens with zero attached hydrogens (tertiary/aromatic N) is 4. The largest absolute Gasteiger partial charge is 0.282 e. The summed E-state index contributed by atoms with van der Waals surface area (Å²) in [7, 11) is 0. The predicted molar refractivity (Wildman–Crippen MR) is 101 cm³/mol. The van der Waals surface area contributed by atoms with E-state index >= 15 is 0 Å². The number of aromatic nitrogens is 4. The molecule has 0 aliphatic carbocycles. The van der Waals surface area contributed by atoms with Crippen molar-refractivity contribution < 1.29 is 4.39 Å². The molecule has 0 amide bonds. The van der Waals surface area contributed by atoms with Gasteiger partial charge in [-0.3, -0.25) is 9.36 Å². The first-order valence-corrected chi connectivity index (χ1v) is 9.69. The molecule has 0 radical (unpaired) electrons. The second kappa shape index (κ2) is 7.35. The van der Waals surface area contributed by atoms with E-state index in [2.05, 4.69) is 15.0 Å². The van der Waals surface area contributed by atoms with E-state index in [9.17, 15) is 9.18 Å². The summed E-state index contributed by atoms with van der Waals surface area (Å²) in [6.07, 6.45) is 2.98. The summed E-state index contributed by atoms with van der Waals surface area (Å²) in [6.45, 7) is 0.398. The molecule has 5 nitrogen and oxygen atoms in total. The Morgan fingerprint density at radius 3 is 2.77 bits per heavy atom. The lowest BCUT2D eigenvalue weighted by Crippen LogP contribution is -2.24. The Balaban J connectivity index is 1.76. The van der Waals surface area contributed by atoms with Crippen molar-refractivity contribution in [3.8, 4) is 0 Å². The van der Waals surface area contributed by atoms with Gasteiger partial charge in [0.05, 0.1) is 6.54 Å². The molecule has 0 aliphatic heterocycles. The fourth-order valence-corrected chi connectivity index (χ4v) is 4.16. The molecule has 0 spiro atoms. The standard InChI is InChI=1S/C18H13FN4OS2/c19-14-6-2-1-4-12(14)11-26-18-22-16-15(20-7-8-21-16)17(24)23(18)10-13-5-3-9-25-13/h1-9H,10-11H2. The fraction of sp³-hybridized carbons (Fsp3) is 0.111. The fourth-order valence-electron chi connectivity index (χ4n) is 2.49. The summed E-state index contributed by atoms with van der Waals surface area (Å²) in [5, 5.41) is 2.46. The highest BCUT2D eigenvalue weighted by Gasteiger charge is 2.15. The average Bonchev–Trinajstić information content (AvgIpc) is 3.17. The molecule has 0 N–H and O–H groups in total. The first-order valence-electron chi connectivity index (χ1n) is 7.82. The number of hydrogen-bond acceptors (Lipinski definition) is 6. The van der Waals surface area contributed by atoms with Gasteiger partial charge >= 0.3 is 0 Å². The Hall–Kier alpha value is -2.58. The Kier molecular flexibility index (Phi) is 4.77. The topological polar surface area (TPSA) is 60.7 Å². The normalized spacial score (nSPS) is 11.1. The summed E-state index contributed by atoms with van der Waals surface area (Å²) in [6, 6.07) is 10.5. The minimum Gasteiger partial charge on any atom is -0.280 e. The molecule has 0 saturated carbocycles. The third-order valence-electron chi connectivity index (χ3n) is 3.77. The van der Waals surface area contributed by atoms with Crippen LogP contribution in [0.25, 0.3) is 11.2 Å². The Morgan fingerprint density at radius 1 is 1.12 bits per heavy atom. The molecule has 4 rings (SSSR count). The molecule has 0 unspecified atom stereocenters. The highest BCUT2D eigenvalue weighted by molar-refractivity contribution is 7.98. The van der Waals surface area contributed by atoms with Crippen LogP contribution in [0.5, 0.6) is 0 Å². The van der Waals surface area contributed by atoms with Crippen LogP contribution in [0.2, 0.25) is 0 Å². The monoisotopic (exact) mass is 384 g/mol. The Morgan fingerprint density at radius 2 is 1.96 bits per heavy atom. The van der Waals surface area contributed by atoms with Crippen molar-refractivity contribution in [2.24, 2.45) is 0 Å². The van der Waals surface area contributed by atoms with Crippen LogP contribution in [0, 0.1) is 5.82 Å². The van der Waals surface area contributed by atoms with Gasteiger partial charge in [0, 0.05) is 23.0 Å². The van der Waals surface area contributed by atoms with Crippen molar-refractivity contribution in [1.29, 1.82) is 0 Å². The smallest absolute Gasteiger partial charge is 0.280 e. The molecule has 0 saturated heterocycles. The molecule has 0 aliphatic rings. The molecule has 26 heavy (non-hydrogen) atoms. The van der Waals surface area contributed by atoms with Crippen molar-refractivity contribution in [2.45, 2.75) is 17.5 Å². The van der Waals surface area contributed by atoms with Gasteiger partial charge in [-0.05, 0) is 23.1 Å². The van der Waals surface area contributed by atoms with Crippen LogP contribution in [-0.2, 0) is 12.3 Å². The summed E-state index contributed by atoms with van der Waals surface area (Å²) in [5.74, 6) is 0.0997. The van der Waals surface area contributed by atoms with Gasteiger partial charge in [-0.25, -0.2) is 19.3 Å². The van der Waals surface area contributed by atoms with Gasteiger partial charge in [0.1, 0.15) is 5.82 Å². The number of benzene rings is 1. The lowest BCUT2D eigenvalue weighted by molar-refractivity contribution is 0.616. The summed E-state index contributed by atoms with van der Waals surface area (Å²) < 4.78 is 15.5. The number of rotatable bonds is 5. The highest BCUT2D eigenvalue weighted by atomic mass is 32.2. The Bertz CT molecular complexity index is 1110. The van der Waals surface area contributed by atoms with Crippen molar-refractivity contribution >= 4 is 34.3 Å². The van der Waals surface area contributed by atoms with E-state index in [1.165, 1.54) is 30.2 Å². The zero-order chi connectivity index (χ0) is 17.9. The van der Waals surface area contributed by atoms with Crippen molar-refractivity contribution in [1.82, 2.24) is 19.5 Å². The number of thiophene rings is 1. The van der Waals surface area contributed by atoms with E-state index in [0.29, 0.717) is 28.7 Å². The lowest BCUT2D eigenvalue weighted by atomic mass is 10.2. The lowest BCUT2D eigenvalue weighted by Gasteiger charge is -2.11. The van der Waals surface area contributed by atoms with Gasteiger partial charge in [-0.15, -0.1) is 11.3 Å². The summed E-state index contributed by atoms with van der Waals surface area (Å²) in [4.78, 5) is 26.7. The third-order valence-corrected chi connectivity index (χ3v) is 5.65. The highest BCUT2D eigenvalue weighted by Crippen LogP contribution is 2.24. The average molecular weight is 384 g/mol. The van der Waals surface area contributed by atoms with E-state index in [4.69, 9.17) is 0 Å². The van der Waals surface area contributed by atoms with Crippen LogP contribution >= 0.6 is 23.1 Å². The molecule has 8 heteroatoms. The van der Waals surface area contributed by atoms with Crippen LogP contribution in [0.15, 0.2) is 64.1 Å². The molecule has 0 bridgehead atoms. The van der Waals surface area contributed by atoms with Gasteiger partial charge in [0.2, 0.25) is 0 Å². The predicted octanol–water partition coefficient (Wildman–Crippen LogP) is 3.73. The quantitative estimate of drug-likeness (QED) is 0.388. The van der Waals surface area contributed by atoms with Crippen LogP contribution in [0.1, 0.15) is 10.4 Å². The first-order chi connectivity index (χ1) is 12.7. The first kappa shape index (κ1) is 16.9. The minimum atomic E-state index is -0.271. The van der Waals surface area contributed by atoms with E-state index < -0.39 is 0 Å². The number of halogens is 1. The zero-order valence-electron chi connectivity index (χ0n) is 13.5. The molecule has 3 aromatic heterocycles. The van der Waals surface area contributed by atoms with Crippen LogP contribution in [0.3, 0.4) is 0 Å². The third kappa shape index (κ3) is 3.38. The van der Waals surface area contributed by atoms with Gasteiger partial charge in [-0.1, -0.05) is 36.0 Å². The molecule has 130 valence electrons. The SMILES string of the molecule is O=c1c2nccnc2nc(SCc2ccccc2F)n1Cc1cccs1. The second-order valence-electron chi connectivity index (χ2n) is 5.47. The van der Waals surface area contributed by atoms with Crippen molar-refractivity contribution in [2.75, 3.05) is 0 Å². The second-order valence-corrected chi connectivity index (χ2v) is 7.45. The van der Waals surface area contributed by atoms with E-state index in [0.717, 1.165) is 4.88 Å². The van der Waals surface area contributed by atoms with Gasteiger partial charge < -0.3 is 0 Å². The maximum absolute atomic E-state index is 13.9. The maximum atomic E-state index is 13.9. The number of fused-ring (bicyclic) bond motifs is 1. The van der Waals surface area contributed by atoms with Crippen molar-refractivity contribution in [3.63, 3.8) is 0 Å². The van der Waals surface area contributed by atoms with Gasteiger partial charge in [0.15, 0.2) is 16.3 Å². The molecule has 3 heterocycles. The van der Waals surface area contributed by atoms with Gasteiger partial charge in [0.25, 0.3) is 5.56 Å². The molecular formula is C18H13FN4OS2.